The van der Waals surface area contributed by atoms with Crippen LogP contribution >= 0.6 is 34.2 Å². The number of carbonyl (C=O) groups excluding carboxylic acids is 1. The van der Waals surface area contributed by atoms with E-state index in [0.29, 0.717) is 10.6 Å². The number of hydrogen-bond acceptors (Lipinski definition) is 2. The van der Waals surface area contributed by atoms with Gasteiger partial charge in [0.25, 0.3) is 5.91 Å². The van der Waals surface area contributed by atoms with Gasteiger partial charge >= 0.3 is 0 Å². The van der Waals surface area contributed by atoms with Gasteiger partial charge < -0.3 is 9.80 Å². The zero-order chi connectivity index (χ0) is 13.1. The van der Waals surface area contributed by atoms with Crippen LogP contribution in [0.25, 0.3) is 0 Å². The van der Waals surface area contributed by atoms with Gasteiger partial charge in [-0.2, -0.15) is 0 Å². The van der Waals surface area contributed by atoms with Crippen molar-refractivity contribution in [1.82, 2.24) is 9.80 Å². The molecule has 2 rings (SSSR count). The van der Waals surface area contributed by atoms with Crippen LogP contribution in [0.1, 0.15) is 16.8 Å². The molecule has 0 aliphatic carbocycles. The van der Waals surface area contributed by atoms with Crippen LogP contribution in [0.15, 0.2) is 18.2 Å². The lowest BCUT2D eigenvalue weighted by Crippen LogP contribution is -2.34. The minimum Gasteiger partial charge on any atom is -0.337 e. The molecule has 0 atom stereocenters. The number of carbonyl (C=O) groups is 1. The van der Waals surface area contributed by atoms with Gasteiger partial charge in [0.05, 0.1) is 5.02 Å². The highest BCUT2D eigenvalue weighted by Gasteiger charge is 2.19. The minimum atomic E-state index is 0.0867. The molecule has 1 saturated heterocycles. The molecule has 1 aromatic carbocycles. The smallest absolute Gasteiger partial charge is 0.253 e. The summed E-state index contributed by atoms with van der Waals surface area (Å²) in [5.41, 5.74) is 0.685. The van der Waals surface area contributed by atoms with E-state index in [2.05, 4.69) is 34.5 Å². The van der Waals surface area contributed by atoms with E-state index in [1.807, 2.05) is 17.0 Å². The molecule has 1 aliphatic rings. The molecule has 0 bridgehead atoms. The van der Waals surface area contributed by atoms with Crippen LogP contribution < -0.4 is 0 Å². The Morgan fingerprint density at radius 3 is 2.78 bits per heavy atom. The predicted molar refractivity (Wildman–Crippen MR) is 82.2 cm³/mol. The van der Waals surface area contributed by atoms with E-state index >= 15 is 0 Å². The first-order valence-corrected chi connectivity index (χ1v) is 7.46. The summed E-state index contributed by atoms with van der Waals surface area (Å²) >= 11 is 8.23. The maximum absolute atomic E-state index is 12.4. The lowest BCUT2D eigenvalue weighted by atomic mass is 10.2. The topological polar surface area (TPSA) is 23.6 Å². The van der Waals surface area contributed by atoms with Crippen molar-refractivity contribution in [1.29, 1.82) is 0 Å². The molecule has 1 amide bonds. The van der Waals surface area contributed by atoms with Crippen LogP contribution in [0.5, 0.6) is 0 Å². The molecule has 1 heterocycles. The van der Waals surface area contributed by atoms with Crippen LogP contribution in [-0.2, 0) is 0 Å². The SMILES string of the molecule is CN1CCCN(C(=O)c2ccc(I)c(Cl)c2)CC1. The third kappa shape index (κ3) is 3.36. The van der Waals surface area contributed by atoms with Crippen molar-refractivity contribution in [2.75, 3.05) is 33.2 Å². The first-order valence-electron chi connectivity index (χ1n) is 6.01. The molecule has 1 fully saturated rings. The van der Waals surface area contributed by atoms with Crippen LogP contribution in [0.2, 0.25) is 5.02 Å². The third-order valence-corrected chi connectivity index (χ3v) is 4.75. The second-order valence-corrected chi connectivity index (χ2v) is 6.15. The molecular formula is C13H16ClIN2O. The highest BCUT2D eigenvalue weighted by molar-refractivity contribution is 14.1. The molecule has 98 valence electrons. The van der Waals surface area contributed by atoms with E-state index in [9.17, 15) is 4.79 Å². The van der Waals surface area contributed by atoms with E-state index in [4.69, 9.17) is 11.6 Å². The Labute approximate surface area is 126 Å². The molecule has 1 aliphatic heterocycles. The third-order valence-electron chi connectivity index (χ3n) is 3.17. The molecule has 0 spiro atoms. The van der Waals surface area contributed by atoms with Gasteiger partial charge in [0.15, 0.2) is 0 Å². The fourth-order valence-corrected chi connectivity index (χ4v) is 2.58. The summed E-state index contributed by atoms with van der Waals surface area (Å²) < 4.78 is 0.974. The Morgan fingerprint density at radius 1 is 1.28 bits per heavy atom. The summed E-state index contributed by atoms with van der Waals surface area (Å²) in [6, 6.07) is 5.50. The number of halogens is 2. The molecule has 1 aromatic rings. The summed E-state index contributed by atoms with van der Waals surface area (Å²) in [4.78, 5) is 16.5. The lowest BCUT2D eigenvalue weighted by molar-refractivity contribution is 0.0763. The Morgan fingerprint density at radius 2 is 2.06 bits per heavy atom. The summed E-state index contributed by atoms with van der Waals surface area (Å²) in [7, 11) is 2.09. The first kappa shape index (κ1) is 14.1. The molecule has 3 nitrogen and oxygen atoms in total. The minimum absolute atomic E-state index is 0.0867. The molecular weight excluding hydrogens is 363 g/mol. The van der Waals surface area contributed by atoms with Gasteiger partial charge in [0.2, 0.25) is 0 Å². The van der Waals surface area contributed by atoms with Crippen molar-refractivity contribution in [3.63, 3.8) is 0 Å². The first-order chi connectivity index (χ1) is 8.58. The van der Waals surface area contributed by atoms with E-state index in [0.717, 1.165) is 36.2 Å². The van der Waals surface area contributed by atoms with Crippen LogP contribution in [0, 0.1) is 3.57 Å². The highest BCUT2D eigenvalue weighted by atomic mass is 127. The van der Waals surface area contributed by atoms with Gasteiger partial charge in [0.1, 0.15) is 0 Å². The largest absolute Gasteiger partial charge is 0.337 e. The number of likely N-dealkylation sites (N-methyl/N-ethyl adjacent to an activating group) is 1. The van der Waals surface area contributed by atoms with Crippen molar-refractivity contribution < 1.29 is 4.79 Å². The fourth-order valence-electron chi connectivity index (χ4n) is 2.06. The Balaban J connectivity index is 2.12. The second-order valence-electron chi connectivity index (χ2n) is 4.58. The van der Waals surface area contributed by atoms with Gasteiger partial charge in [-0.1, -0.05) is 11.6 Å². The van der Waals surface area contributed by atoms with Crippen LogP contribution in [0.4, 0.5) is 0 Å². The van der Waals surface area contributed by atoms with Gasteiger partial charge in [-0.25, -0.2) is 0 Å². The van der Waals surface area contributed by atoms with Gasteiger partial charge in [-0.15, -0.1) is 0 Å². The van der Waals surface area contributed by atoms with Crippen molar-refractivity contribution in [2.45, 2.75) is 6.42 Å². The quantitative estimate of drug-likeness (QED) is 0.702. The number of amides is 1. The molecule has 0 aromatic heterocycles. The number of nitrogens with zero attached hydrogens (tertiary/aromatic N) is 2. The number of rotatable bonds is 1. The summed E-state index contributed by atoms with van der Waals surface area (Å²) in [5, 5.41) is 0.647. The Kier molecular flexibility index (Phi) is 4.86. The maximum atomic E-state index is 12.4. The zero-order valence-electron chi connectivity index (χ0n) is 10.3. The fraction of sp³-hybridized carbons (Fsp3) is 0.462. The van der Waals surface area contributed by atoms with Crippen LogP contribution in [-0.4, -0.2) is 48.9 Å². The van der Waals surface area contributed by atoms with E-state index in [1.54, 1.807) is 6.07 Å². The molecule has 0 radical (unpaired) electrons. The van der Waals surface area contributed by atoms with Crippen LogP contribution in [0.3, 0.4) is 0 Å². The van der Waals surface area contributed by atoms with Crippen molar-refractivity contribution in [3.8, 4) is 0 Å². The Hall–Kier alpha value is -0.330. The van der Waals surface area contributed by atoms with E-state index < -0.39 is 0 Å². The van der Waals surface area contributed by atoms with Crippen molar-refractivity contribution in [3.05, 3.63) is 32.4 Å². The molecule has 5 heteroatoms. The number of benzene rings is 1. The average Bonchev–Trinajstić information content (AvgIpc) is 2.57. The molecule has 0 N–H and O–H groups in total. The average molecular weight is 379 g/mol. The lowest BCUT2D eigenvalue weighted by Gasteiger charge is -2.20. The summed E-state index contributed by atoms with van der Waals surface area (Å²) in [6.07, 6.45) is 1.03. The molecule has 0 saturated carbocycles. The predicted octanol–water partition coefficient (Wildman–Crippen LogP) is 2.72. The molecule has 18 heavy (non-hydrogen) atoms. The number of hydrogen-bond donors (Lipinski definition) is 0. The van der Waals surface area contributed by atoms with E-state index in [1.165, 1.54) is 0 Å². The monoisotopic (exact) mass is 378 g/mol. The normalized spacial score (nSPS) is 17.6. The maximum Gasteiger partial charge on any atom is 0.253 e. The van der Waals surface area contributed by atoms with Gasteiger partial charge in [-0.3, -0.25) is 4.79 Å². The standard InChI is InChI=1S/C13H16ClIN2O/c1-16-5-2-6-17(8-7-16)13(18)10-3-4-12(15)11(14)9-10/h3-4,9H,2,5-8H2,1H3. The zero-order valence-corrected chi connectivity index (χ0v) is 13.2. The Bertz CT molecular complexity index is 453. The van der Waals surface area contributed by atoms with E-state index in [-0.39, 0.29) is 5.91 Å². The van der Waals surface area contributed by atoms with Gasteiger partial charge in [0, 0.05) is 28.8 Å². The second kappa shape index (κ2) is 6.21. The van der Waals surface area contributed by atoms with Crippen molar-refractivity contribution in [2.24, 2.45) is 0 Å². The highest BCUT2D eigenvalue weighted by Crippen LogP contribution is 2.20. The van der Waals surface area contributed by atoms with Crippen molar-refractivity contribution >= 4 is 40.1 Å². The van der Waals surface area contributed by atoms with Gasteiger partial charge in [-0.05, 0) is 60.8 Å². The summed E-state index contributed by atoms with van der Waals surface area (Å²) in [6.45, 7) is 3.60. The molecule has 0 unspecified atom stereocenters. The summed E-state index contributed by atoms with van der Waals surface area (Å²) in [5.74, 6) is 0.0867.